The number of phenols is 1. The summed E-state index contributed by atoms with van der Waals surface area (Å²) in [6, 6.07) is 11.9. The van der Waals surface area contributed by atoms with Crippen LogP contribution >= 0.6 is 11.3 Å². The number of aryl methyl sites for hydroxylation is 4. The van der Waals surface area contributed by atoms with Gasteiger partial charge in [0, 0.05) is 19.8 Å². The van der Waals surface area contributed by atoms with Gasteiger partial charge in [-0.05, 0) is 54.5 Å². The second kappa shape index (κ2) is 7.61. The number of nitrogens with zero attached hydrogens (tertiary/aromatic N) is 3. The summed E-state index contributed by atoms with van der Waals surface area (Å²) in [5, 5.41) is 11.6. The van der Waals surface area contributed by atoms with E-state index in [0.717, 1.165) is 38.1 Å². The van der Waals surface area contributed by atoms with Gasteiger partial charge in [-0.25, -0.2) is 4.98 Å². The molecule has 3 heterocycles. The van der Waals surface area contributed by atoms with Crippen LogP contribution in [-0.4, -0.2) is 19.2 Å². The molecule has 3 aromatic heterocycles. The maximum absolute atomic E-state index is 9.43. The standard InChI is InChI=1S/C22H25N3OS/c1-3-5-17-15-25(12-4-6-16-7-9-18(26)10-8-16)22(23-17)20-14-21-19(24(20)2)11-13-27-21/h7-11,13-15,26H,3-6,12H2,1-2H3. The smallest absolute Gasteiger partial charge is 0.156 e. The lowest BCUT2D eigenvalue weighted by Gasteiger charge is -2.09. The van der Waals surface area contributed by atoms with Gasteiger partial charge in [0.2, 0.25) is 0 Å². The number of aromatic nitrogens is 3. The Morgan fingerprint density at radius 1 is 1.11 bits per heavy atom. The van der Waals surface area contributed by atoms with Gasteiger partial charge in [0.1, 0.15) is 5.75 Å². The second-order valence-corrected chi connectivity index (χ2v) is 7.98. The van der Waals surface area contributed by atoms with Crippen LogP contribution in [0.1, 0.15) is 31.0 Å². The normalized spacial score (nSPS) is 11.5. The molecule has 4 aromatic rings. The van der Waals surface area contributed by atoms with E-state index < -0.39 is 0 Å². The average molecular weight is 380 g/mol. The van der Waals surface area contributed by atoms with Gasteiger partial charge in [-0.2, -0.15) is 0 Å². The van der Waals surface area contributed by atoms with Crippen molar-refractivity contribution in [3.8, 4) is 17.3 Å². The summed E-state index contributed by atoms with van der Waals surface area (Å²) in [7, 11) is 2.12. The number of aromatic hydroxyl groups is 1. The van der Waals surface area contributed by atoms with Gasteiger partial charge in [0.05, 0.1) is 21.6 Å². The predicted octanol–water partition coefficient (Wildman–Crippen LogP) is 5.39. The Balaban J connectivity index is 1.58. The van der Waals surface area contributed by atoms with Gasteiger partial charge in [-0.3, -0.25) is 0 Å². The summed E-state index contributed by atoms with van der Waals surface area (Å²) in [4.78, 5) is 4.96. The fourth-order valence-electron chi connectivity index (χ4n) is 3.60. The highest BCUT2D eigenvalue weighted by atomic mass is 32.1. The first-order valence-electron chi connectivity index (χ1n) is 9.53. The minimum atomic E-state index is 0.323. The second-order valence-electron chi connectivity index (χ2n) is 7.03. The summed E-state index contributed by atoms with van der Waals surface area (Å²) >= 11 is 1.78. The molecule has 0 atom stereocenters. The number of thiophene rings is 1. The molecule has 0 unspecified atom stereocenters. The molecule has 4 rings (SSSR count). The van der Waals surface area contributed by atoms with E-state index in [0.29, 0.717) is 5.75 Å². The molecule has 0 saturated carbocycles. The minimum Gasteiger partial charge on any atom is -0.508 e. The van der Waals surface area contributed by atoms with Crippen molar-refractivity contribution in [2.24, 2.45) is 7.05 Å². The van der Waals surface area contributed by atoms with Gasteiger partial charge < -0.3 is 14.2 Å². The molecular formula is C22H25N3OS. The van der Waals surface area contributed by atoms with Crippen molar-refractivity contribution in [1.82, 2.24) is 14.1 Å². The first kappa shape index (κ1) is 17.9. The predicted molar refractivity (Wildman–Crippen MR) is 112 cm³/mol. The number of fused-ring (bicyclic) bond motifs is 1. The Kier molecular flexibility index (Phi) is 5.03. The Morgan fingerprint density at radius 2 is 1.93 bits per heavy atom. The van der Waals surface area contributed by atoms with Crippen molar-refractivity contribution in [2.75, 3.05) is 0 Å². The Hall–Kier alpha value is -2.53. The van der Waals surface area contributed by atoms with Crippen LogP contribution in [0, 0.1) is 0 Å². The zero-order chi connectivity index (χ0) is 18.8. The summed E-state index contributed by atoms with van der Waals surface area (Å²) in [6.45, 7) is 3.13. The summed E-state index contributed by atoms with van der Waals surface area (Å²) < 4.78 is 5.87. The lowest BCUT2D eigenvalue weighted by molar-refractivity contribution is 0.475. The van der Waals surface area contributed by atoms with Crippen LogP contribution in [0.3, 0.4) is 0 Å². The van der Waals surface area contributed by atoms with E-state index in [-0.39, 0.29) is 0 Å². The molecule has 0 spiro atoms. The van der Waals surface area contributed by atoms with E-state index in [2.05, 4.69) is 46.8 Å². The van der Waals surface area contributed by atoms with E-state index in [1.165, 1.54) is 27.2 Å². The van der Waals surface area contributed by atoms with Crippen molar-refractivity contribution in [3.63, 3.8) is 0 Å². The fraction of sp³-hybridized carbons (Fsp3) is 0.318. The van der Waals surface area contributed by atoms with Gasteiger partial charge >= 0.3 is 0 Å². The third kappa shape index (κ3) is 3.65. The van der Waals surface area contributed by atoms with E-state index in [1.54, 1.807) is 23.5 Å². The summed E-state index contributed by atoms with van der Waals surface area (Å²) in [5.74, 6) is 1.39. The highest BCUT2D eigenvalue weighted by molar-refractivity contribution is 7.17. The molecule has 0 amide bonds. The van der Waals surface area contributed by atoms with Crippen molar-refractivity contribution < 1.29 is 5.11 Å². The third-order valence-electron chi connectivity index (χ3n) is 5.03. The highest BCUT2D eigenvalue weighted by Crippen LogP contribution is 2.30. The molecule has 1 aromatic carbocycles. The lowest BCUT2D eigenvalue weighted by Crippen LogP contribution is -2.03. The largest absolute Gasteiger partial charge is 0.508 e. The molecule has 0 fully saturated rings. The number of imidazole rings is 1. The Morgan fingerprint density at radius 3 is 2.67 bits per heavy atom. The first-order valence-corrected chi connectivity index (χ1v) is 10.4. The van der Waals surface area contributed by atoms with E-state index in [9.17, 15) is 5.11 Å². The van der Waals surface area contributed by atoms with Crippen LogP contribution in [0.4, 0.5) is 0 Å². The molecule has 5 heteroatoms. The van der Waals surface area contributed by atoms with Gasteiger partial charge in [0.25, 0.3) is 0 Å². The van der Waals surface area contributed by atoms with Gasteiger partial charge in [0.15, 0.2) is 5.82 Å². The third-order valence-corrected chi connectivity index (χ3v) is 5.88. The van der Waals surface area contributed by atoms with Gasteiger partial charge in [-0.1, -0.05) is 25.5 Å². The average Bonchev–Trinajstić information content (AvgIpc) is 3.34. The van der Waals surface area contributed by atoms with E-state index >= 15 is 0 Å². The maximum atomic E-state index is 9.43. The number of phenolic OH excluding ortho intramolecular Hbond substituents is 1. The SMILES string of the molecule is CCCc1cn(CCCc2ccc(O)cc2)c(-c2cc3sccc3n2C)n1. The zero-order valence-electron chi connectivity index (χ0n) is 15.9. The Bertz CT molecular complexity index is 1040. The molecule has 140 valence electrons. The van der Waals surface area contributed by atoms with Crippen LogP contribution in [0.15, 0.2) is 48.0 Å². The lowest BCUT2D eigenvalue weighted by atomic mass is 10.1. The van der Waals surface area contributed by atoms with Crippen LogP contribution in [0.2, 0.25) is 0 Å². The monoisotopic (exact) mass is 379 g/mol. The number of benzene rings is 1. The highest BCUT2D eigenvalue weighted by Gasteiger charge is 2.15. The number of hydrogen-bond acceptors (Lipinski definition) is 3. The van der Waals surface area contributed by atoms with Crippen molar-refractivity contribution in [2.45, 2.75) is 39.2 Å². The van der Waals surface area contributed by atoms with E-state index in [4.69, 9.17) is 4.98 Å². The van der Waals surface area contributed by atoms with Crippen molar-refractivity contribution in [1.29, 1.82) is 0 Å². The van der Waals surface area contributed by atoms with E-state index in [1.807, 2.05) is 12.1 Å². The van der Waals surface area contributed by atoms with Crippen LogP contribution in [0.25, 0.3) is 21.7 Å². The quantitative estimate of drug-likeness (QED) is 0.467. The molecule has 0 aliphatic heterocycles. The summed E-state index contributed by atoms with van der Waals surface area (Å²) in [5.41, 5.74) is 4.87. The maximum Gasteiger partial charge on any atom is 0.156 e. The minimum absolute atomic E-state index is 0.323. The fourth-order valence-corrected chi connectivity index (χ4v) is 4.45. The van der Waals surface area contributed by atoms with Crippen LogP contribution in [0.5, 0.6) is 5.75 Å². The molecule has 1 N–H and O–H groups in total. The molecule has 0 saturated heterocycles. The first-order chi connectivity index (χ1) is 13.2. The number of rotatable bonds is 7. The zero-order valence-corrected chi connectivity index (χ0v) is 16.7. The molecule has 27 heavy (non-hydrogen) atoms. The van der Waals surface area contributed by atoms with Crippen molar-refractivity contribution >= 4 is 21.6 Å². The van der Waals surface area contributed by atoms with Crippen LogP contribution < -0.4 is 0 Å². The molecule has 0 bridgehead atoms. The molecule has 0 radical (unpaired) electrons. The summed E-state index contributed by atoms with van der Waals surface area (Å²) in [6.07, 6.45) is 6.36. The molecular weight excluding hydrogens is 354 g/mol. The molecule has 4 nitrogen and oxygen atoms in total. The Labute approximate surface area is 163 Å². The number of hydrogen-bond donors (Lipinski definition) is 1. The molecule has 0 aliphatic carbocycles. The van der Waals surface area contributed by atoms with Crippen molar-refractivity contribution in [3.05, 3.63) is 59.2 Å². The van der Waals surface area contributed by atoms with Crippen LogP contribution in [-0.2, 0) is 26.4 Å². The molecule has 0 aliphatic rings. The topological polar surface area (TPSA) is 43.0 Å². The van der Waals surface area contributed by atoms with Gasteiger partial charge in [-0.15, -0.1) is 11.3 Å².